The van der Waals surface area contributed by atoms with Gasteiger partial charge in [-0.15, -0.1) is 0 Å². The van der Waals surface area contributed by atoms with E-state index >= 15 is 0 Å². The Kier molecular flexibility index (Phi) is 4.40. The molecule has 0 saturated carbocycles. The van der Waals surface area contributed by atoms with Crippen LogP contribution in [0.15, 0.2) is 0 Å². The van der Waals surface area contributed by atoms with E-state index in [1.165, 1.54) is 6.42 Å². The SMILES string of the molecule is CCC(C)N1CCN(C(=O)C2CCNC2)CC1. The number of rotatable bonds is 3. The van der Waals surface area contributed by atoms with Crippen molar-refractivity contribution >= 4 is 5.91 Å². The molecule has 1 amide bonds. The van der Waals surface area contributed by atoms with E-state index in [4.69, 9.17) is 0 Å². The molecule has 4 nitrogen and oxygen atoms in total. The summed E-state index contributed by atoms with van der Waals surface area (Å²) in [5.41, 5.74) is 0. The number of nitrogens with one attached hydrogen (secondary N) is 1. The standard InChI is InChI=1S/C13H25N3O/c1-3-11(2)15-6-8-16(9-7-15)13(17)12-4-5-14-10-12/h11-12,14H,3-10H2,1-2H3. The van der Waals surface area contributed by atoms with Gasteiger partial charge in [0.05, 0.1) is 5.92 Å². The monoisotopic (exact) mass is 239 g/mol. The van der Waals surface area contributed by atoms with Gasteiger partial charge >= 0.3 is 0 Å². The number of carbonyl (C=O) groups excluding carboxylic acids is 1. The zero-order valence-corrected chi connectivity index (χ0v) is 11.1. The van der Waals surface area contributed by atoms with Crippen LogP contribution in [-0.2, 0) is 4.79 Å². The summed E-state index contributed by atoms with van der Waals surface area (Å²) in [5, 5.41) is 3.27. The molecule has 2 saturated heterocycles. The van der Waals surface area contributed by atoms with Crippen molar-refractivity contribution in [1.29, 1.82) is 0 Å². The molecule has 2 fully saturated rings. The molecule has 2 unspecified atom stereocenters. The first-order valence-electron chi connectivity index (χ1n) is 6.96. The van der Waals surface area contributed by atoms with Gasteiger partial charge in [0, 0.05) is 38.8 Å². The third-order valence-corrected chi connectivity index (χ3v) is 4.25. The maximum atomic E-state index is 12.2. The fourth-order valence-electron chi connectivity index (χ4n) is 2.76. The summed E-state index contributed by atoms with van der Waals surface area (Å²) in [7, 11) is 0. The summed E-state index contributed by atoms with van der Waals surface area (Å²) in [6.45, 7) is 10.3. The molecule has 0 aromatic carbocycles. The molecule has 0 spiro atoms. The van der Waals surface area contributed by atoms with Gasteiger partial charge in [0.1, 0.15) is 0 Å². The average Bonchev–Trinajstić information content (AvgIpc) is 2.91. The second-order valence-corrected chi connectivity index (χ2v) is 5.31. The summed E-state index contributed by atoms with van der Waals surface area (Å²) < 4.78 is 0. The van der Waals surface area contributed by atoms with E-state index in [1.54, 1.807) is 0 Å². The van der Waals surface area contributed by atoms with Crippen LogP contribution in [0.1, 0.15) is 26.7 Å². The molecule has 98 valence electrons. The summed E-state index contributed by atoms with van der Waals surface area (Å²) in [5.74, 6) is 0.615. The number of carbonyl (C=O) groups is 1. The fourth-order valence-corrected chi connectivity index (χ4v) is 2.76. The lowest BCUT2D eigenvalue weighted by Crippen LogP contribution is -2.52. The molecule has 2 atom stereocenters. The van der Waals surface area contributed by atoms with E-state index < -0.39 is 0 Å². The lowest BCUT2D eigenvalue weighted by molar-refractivity contribution is -0.137. The average molecular weight is 239 g/mol. The molecule has 2 heterocycles. The van der Waals surface area contributed by atoms with Gasteiger partial charge in [0.2, 0.25) is 5.91 Å². The highest BCUT2D eigenvalue weighted by atomic mass is 16.2. The van der Waals surface area contributed by atoms with E-state index in [9.17, 15) is 4.79 Å². The zero-order valence-electron chi connectivity index (χ0n) is 11.1. The lowest BCUT2D eigenvalue weighted by Gasteiger charge is -2.38. The van der Waals surface area contributed by atoms with Gasteiger partial charge in [-0.05, 0) is 26.3 Å². The quantitative estimate of drug-likeness (QED) is 0.781. The fraction of sp³-hybridized carbons (Fsp3) is 0.923. The number of nitrogens with zero attached hydrogens (tertiary/aromatic N) is 2. The van der Waals surface area contributed by atoms with Crippen molar-refractivity contribution in [3.05, 3.63) is 0 Å². The minimum absolute atomic E-state index is 0.241. The molecule has 2 rings (SSSR count). The highest BCUT2D eigenvalue weighted by Gasteiger charge is 2.29. The van der Waals surface area contributed by atoms with Crippen LogP contribution in [0, 0.1) is 5.92 Å². The van der Waals surface area contributed by atoms with Crippen LogP contribution >= 0.6 is 0 Å². The van der Waals surface area contributed by atoms with E-state index in [2.05, 4.69) is 29.0 Å². The van der Waals surface area contributed by atoms with Crippen LogP contribution in [0.5, 0.6) is 0 Å². The van der Waals surface area contributed by atoms with Crippen LogP contribution in [0.4, 0.5) is 0 Å². The van der Waals surface area contributed by atoms with Crippen molar-refractivity contribution in [3.63, 3.8) is 0 Å². The summed E-state index contributed by atoms with van der Waals surface area (Å²) >= 11 is 0. The Balaban J connectivity index is 1.80. The molecule has 2 aliphatic rings. The van der Waals surface area contributed by atoms with Gasteiger partial charge < -0.3 is 10.2 Å². The first-order chi connectivity index (χ1) is 8.22. The minimum Gasteiger partial charge on any atom is -0.340 e. The normalized spacial score (nSPS) is 28.4. The van der Waals surface area contributed by atoms with Crippen LogP contribution in [-0.4, -0.2) is 61.0 Å². The summed E-state index contributed by atoms with van der Waals surface area (Å²) in [6, 6.07) is 0.653. The molecule has 4 heteroatoms. The molecule has 1 N–H and O–H groups in total. The van der Waals surface area contributed by atoms with E-state index in [1.807, 2.05) is 0 Å². The largest absolute Gasteiger partial charge is 0.340 e. The highest BCUT2D eigenvalue weighted by molar-refractivity contribution is 5.79. The number of amides is 1. The topological polar surface area (TPSA) is 35.6 Å². The Morgan fingerprint density at radius 3 is 2.59 bits per heavy atom. The first-order valence-corrected chi connectivity index (χ1v) is 6.96. The van der Waals surface area contributed by atoms with Crippen molar-refractivity contribution < 1.29 is 4.79 Å². The summed E-state index contributed by atoms with van der Waals surface area (Å²) in [6.07, 6.45) is 2.21. The van der Waals surface area contributed by atoms with Gasteiger partial charge in [-0.2, -0.15) is 0 Å². The van der Waals surface area contributed by atoms with Gasteiger partial charge in [0.15, 0.2) is 0 Å². The van der Waals surface area contributed by atoms with Crippen molar-refractivity contribution in [2.75, 3.05) is 39.3 Å². The number of hydrogen-bond donors (Lipinski definition) is 1. The number of hydrogen-bond acceptors (Lipinski definition) is 3. The predicted octanol–water partition coefficient (Wildman–Crippen LogP) is 0.539. The van der Waals surface area contributed by atoms with Crippen LogP contribution in [0.3, 0.4) is 0 Å². The third kappa shape index (κ3) is 2.99. The Labute approximate surface area is 104 Å². The second-order valence-electron chi connectivity index (χ2n) is 5.31. The minimum atomic E-state index is 0.241. The van der Waals surface area contributed by atoms with Gasteiger partial charge in [-0.1, -0.05) is 6.92 Å². The molecule has 0 radical (unpaired) electrons. The Hall–Kier alpha value is -0.610. The molecule has 2 aliphatic heterocycles. The van der Waals surface area contributed by atoms with Gasteiger partial charge in [-0.3, -0.25) is 9.69 Å². The third-order valence-electron chi connectivity index (χ3n) is 4.25. The van der Waals surface area contributed by atoms with Crippen LogP contribution in [0.25, 0.3) is 0 Å². The van der Waals surface area contributed by atoms with E-state index in [0.717, 1.165) is 45.7 Å². The van der Waals surface area contributed by atoms with Crippen LogP contribution < -0.4 is 5.32 Å². The van der Waals surface area contributed by atoms with Crippen LogP contribution in [0.2, 0.25) is 0 Å². The highest BCUT2D eigenvalue weighted by Crippen LogP contribution is 2.15. The first kappa shape index (κ1) is 12.8. The van der Waals surface area contributed by atoms with Gasteiger partial charge in [-0.25, -0.2) is 0 Å². The zero-order chi connectivity index (χ0) is 12.3. The maximum absolute atomic E-state index is 12.2. The van der Waals surface area contributed by atoms with E-state index in [0.29, 0.717) is 11.9 Å². The molecule has 0 aliphatic carbocycles. The Morgan fingerprint density at radius 2 is 2.06 bits per heavy atom. The smallest absolute Gasteiger partial charge is 0.227 e. The van der Waals surface area contributed by atoms with E-state index in [-0.39, 0.29) is 5.92 Å². The Bertz CT molecular complexity index is 255. The molecular formula is C13H25N3O. The maximum Gasteiger partial charge on any atom is 0.227 e. The summed E-state index contributed by atoms with van der Waals surface area (Å²) in [4.78, 5) is 16.8. The second kappa shape index (κ2) is 5.83. The van der Waals surface area contributed by atoms with Gasteiger partial charge in [0.25, 0.3) is 0 Å². The van der Waals surface area contributed by atoms with Crippen molar-refractivity contribution in [3.8, 4) is 0 Å². The predicted molar refractivity (Wildman–Crippen MR) is 68.9 cm³/mol. The molecular weight excluding hydrogens is 214 g/mol. The number of piperazine rings is 1. The van der Waals surface area contributed by atoms with Crippen molar-refractivity contribution in [1.82, 2.24) is 15.1 Å². The Morgan fingerprint density at radius 1 is 1.35 bits per heavy atom. The molecule has 17 heavy (non-hydrogen) atoms. The lowest BCUT2D eigenvalue weighted by atomic mass is 10.1. The van der Waals surface area contributed by atoms with Crippen molar-refractivity contribution in [2.45, 2.75) is 32.7 Å². The molecule has 0 bridgehead atoms. The molecule has 0 aromatic heterocycles. The van der Waals surface area contributed by atoms with Crippen molar-refractivity contribution in [2.24, 2.45) is 5.92 Å². The molecule has 0 aromatic rings.